The molecule has 0 aliphatic carbocycles. The van der Waals surface area contributed by atoms with Gasteiger partial charge in [0, 0.05) is 31.9 Å². The molecule has 1 N–H and O–H groups in total. The zero-order chi connectivity index (χ0) is 15.5. The number of aromatic nitrogens is 2. The molecule has 0 amide bonds. The fourth-order valence-electron chi connectivity index (χ4n) is 1.82. The highest BCUT2D eigenvalue weighted by molar-refractivity contribution is 7.89. The molecule has 0 saturated heterocycles. The van der Waals surface area contributed by atoms with E-state index in [2.05, 4.69) is 9.82 Å². The van der Waals surface area contributed by atoms with Crippen LogP contribution in [-0.2, 0) is 23.5 Å². The zero-order valence-corrected chi connectivity index (χ0v) is 12.8. The molecule has 0 atom stereocenters. The number of rotatable bonds is 5. The van der Waals surface area contributed by atoms with Crippen molar-refractivity contribution in [3.05, 3.63) is 46.7 Å². The largest absolute Gasteiger partial charge is 0.273 e. The summed E-state index contributed by atoms with van der Waals surface area (Å²) in [4.78, 5) is -0.0896. The molecule has 2 aromatic rings. The topological polar surface area (TPSA) is 87.8 Å². The van der Waals surface area contributed by atoms with E-state index in [0.29, 0.717) is 6.42 Å². The van der Waals surface area contributed by atoms with Crippen molar-refractivity contribution in [3.8, 4) is 6.07 Å². The molecule has 1 heterocycles. The van der Waals surface area contributed by atoms with E-state index in [-0.39, 0.29) is 22.0 Å². The molecule has 0 bridgehead atoms. The minimum absolute atomic E-state index is 0.0852. The van der Waals surface area contributed by atoms with Crippen molar-refractivity contribution in [3.63, 3.8) is 0 Å². The van der Waals surface area contributed by atoms with Gasteiger partial charge in [0.15, 0.2) is 0 Å². The molecule has 1 aromatic heterocycles. The predicted molar refractivity (Wildman–Crippen MR) is 78.3 cm³/mol. The van der Waals surface area contributed by atoms with E-state index >= 15 is 0 Å². The van der Waals surface area contributed by atoms with E-state index in [4.69, 9.17) is 16.9 Å². The quantitative estimate of drug-likeness (QED) is 0.902. The summed E-state index contributed by atoms with van der Waals surface area (Å²) in [6.45, 7) is 0.217. The molecule has 0 saturated carbocycles. The van der Waals surface area contributed by atoms with E-state index in [1.807, 2.05) is 12.1 Å². The van der Waals surface area contributed by atoms with Crippen molar-refractivity contribution in [1.82, 2.24) is 14.5 Å². The number of hydrogen-bond acceptors (Lipinski definition) is 4. The summed E-state index contributed by atoms with van der Waals surface area (Å²) in [7, 11) is -1.96. The van der Waals surface area contributed by atoms with Gasteiger partial charge in [0.05, 0.1) is 16.7 Å². The van der Waals surface area contributed by atoms with Crippen molar-refractivity contribution in [1.29, 1.82) is 5.26 Å². The van der Waals surface area contributed by atoms with Crippen LogP contribution in [0.5, 0.6) is 0 Å². The molecule has 0 radical (unpaired) electrons. The van der Waals surface area contributed by atoms with Crippen molar-refractivity contribution < 1.29 is 8.42 Å². The van der Waals surface area contributed by atoms with Gasteiger partial charge in [0.25, 0.3) is 0 Å². The molecule has 0 unspecified atom stereocenters. The Morgan fingerprint density at radius 3 is 2.81 bits per heavy atom. The van der Waals surface area contributed by atoms with E-state index in [9.17, 15) is 8.42 Å². The van der Waals surface area contributed by atoms with Crippen LogP contribution in [0.25, 0.3) is 0 Å². The van der Waals surface area contributed by atoms with Crippen molar-refractivity contribution in [2.24, 2.45) is 7.05 Å². The van der Waals surface area contributed by atoms with Crippen LogP contribution < -0.4 is 4.72 Å². The van der Waals surface area contributed by atoms with Crippen molar-refractivity contribution >= 4 is 21.6 Å². The van der Waals surface area contributed by atoms with Gasteiger partial charge in [-0.3, -0.25) is 4.68 Å². The molecule has 2 rings (SSSR count). The summed E-state index contributed by atoms with van der Waals surface area (Å²) in [5, 5.41) is 12.9. The number of nitriles is 1. The number of halogens is 1. The predicted octanol–water partition coefficient (Wildman–Crippen LogP) is 1.47. The summed E-state index contributed by atoms with van der Waals surface area (Å²) in [5.74, 6) is 0. The van der Waals surface area contributed by atoms with Gasteiger partial charge in [0.1, 0.15) is 4.90 Å². The summed E-state index contributed by atoms with van der Waals surface area (Å²) < 4.78 is 28.6. The molecule has 0 aliphatic heterocycles. The van der Waals surface area contributed by atoms with E-state index in [1.165, 1.54) is 18.2 Å². The first-order valence-corrected chi connectivity index (χ1v) is 7.96. The second-order valence-corrected chi connectivity index (χ2v) is 6.49. The molecule has 6 nitrogen and oxygen atoms in total. The highest BCUT2D eigenvalue weighted by Gasteiger charge is 2.18. The molecule has 0 fully saturated rings. The molecular weight excluding hydrogens is 312 g/mol. The maximum Gasteiger partial charge on any atom is 0.242 e. The zero-order valence-electron chi connectivity index (χ0n) is 11.2. The minimum Gasteiger partial charge on any atom is -0.273 e. The standard InChI is InChI=1S/C13H13ClN4O2S/c1-18-11(4-6-16-18)5-7-17-21(19,20)13-8-10(9-15)2-3-12(13)14/h2-4,6,8,17H,5,7H2,1H3. The highest BCUT2D eigenvalue weighted by Crippen LogP contribution is 2.22. The maximum atomic E-state index is 12.2. The Morgan fingerprint density at radius 2 is 2.19 bits per heavy atom. The van der Waals surface area contributed by atoms with Crippen LogP contribution in [0.2, 0.25) is 5.02 Å². The van der Waals surface area contributed by atoms with E-state index in [0.717, 1.165) is 5.69 Å². The van der Waals surface area contributed by atoms with Crippen LogP contribution in [0.4, 0.5) is 0 Å². The van der Waals surface area contributed by atoms with Gasteiger partial charge in [-0.25, -0.2) is 13.1 Å². The number of nitrogens with one attached hydrogen (secondary N) is 1. The van der Waals surface area contributed by atoms with Crippen LogP contribution >= 0.6 is 11.6 Å². The van der Waals surface area contributed by atoms with Crippen LogP contribution in [0.1, 0.15) is 11.3 Å². The average molecular weight is 325 g/mol. The average Bonchev–Trinajstić information content (AvgIpc) is 2.84. The van der Waals surface area contributed by atoms with Gasteiger partial charge >= 0.3 is 0 Å². The Hall–Kier alpha value is -1.88. The first kappa shape index (κ1) is 15.5. The minimum atomic E-state index is -3.75. The number of aryl methyl sites for hydroxylation is 1. The number of hydrogen-bond donors (Lipinski definition) is 1. The lowest BCUT2D eigenvalue weighted by Crippen LogP contribution is -2.26. The summed E-state index contributed by atoms with van der Waals surface area (Å²) >= 11 is 5.90. The fourth-order valence-corrected chi connectivity index (χ4v) is 3.37. The molecule has 0 aliphatic rings. The molecule has 1 aromatic carbocycles. The lowest BCUT2D eigenvalue weighted by molar-refractivity contribution is 0.579. The van der Waals surface area contributed by atoms with Crippen molar-refractivity contribution in [2.45, 2.75) is 11.3 Å². The molecule has 21 heavy (non-hydrogen) atoms. The number of sulfonamides is 1. The third kappa shape index (κ3) is 3.61. The Bertz CT molecular complexity index is 793. The summed E-state index contributed by atoms with van der Waals surface area (Å²) in [5.41, 5.74) is 1.15. The van der Waals surface area contributed by atoms with Crippen LogP contribution in [-0.4, -0.2) is 24.7 Å². The van der Waals surface area contributed by atoms with E-state index < -0.39 is 10.0 Å². The van der Waals surface area contributed by atoms with Crippen molar-refractivity contribution in [2.75, 3.05) is 6.54 Å². The Kier molecular flexibility index (Phi) is 4.63. The monoisotopic (exact) mass is 324 g/mol. The van der Waals surface area contributed by atoms with Crippen LogP contribution in [0.15, 0.2) is 35.4 Å². The SMILES string of the molecule is Cn1nccc1CCNS(=O)(=O)c1cc(C#N)ccc1Cl. The Labute approximate surface area is 128 Å². The third-order valence-corrected chi connectivity index (χ3v) is 4.89. The fraction of sp³-hybridized carbons (Fsp3) is 0.231. The van der Waals surface area contributed by atoms with Gasteiger partial charge in [0.2, 0.25) is 10.0 Å². The Balaban J connectivity index is 2.12. The second kappa shape index (κ2) is 6.26. The van der Waals surface area contributed by atoms with Gasteiger partial charge in [-0.2, -0.15) is 10.4 Å². The van der Waals surface area contributed by atoms with Gasteiger partial charge in [-0.05, 0) is 24.3 Å². The Morgan fingerprint density at radius 1 is 1.43 bits per heavy atom. The molecular formula is C13H13ClN4O2S. The maximum absolute atomic E-state index is 12.2. The number of benzene rings is 1. The lowest BCUT2D eigenvalue weighted by Gasteiger charge is -2.08. The first-order valence-electron chi connectivity index (χ1n) is 6.10. The normalized spacial score (nSPS) is 11.3. The van der Waals surface area contributed by atoms with Gasteiger partial charge in [-0.1, -0.05) is 11.6 Å². The molecule has 8 heteroatoms. The third-order valence-electron chi connectivity index (χ3n) is 2.95. The first-order chi connectivity index (χ1) is 9.94. The highest BCUT2D eigenvalue weighted by atomic mass is 35.5. The lowest BCUT2D eigenvalue weighted by atomic mass is 10.2. The summed E-state index contributed by atoms with van der Waals surface area (Å²) in [6, 6.07) is 7.83. The van der Waals surface area contributed by atoms with Gasteiger partial charge in [-0.15, -0.1) is 0 Å². The number of nitrogens with zero attached hydrogens (tertiary/aromatic N) is 3. The van der Waals surface area contributed by atoms with Crippen LogP contribution in [0, 0.1) is 11.3 Å². The second-order valence-electron chi connectivity index (χ2n) is 4.35. The van der Waals surface area contributed by atoms with Gasteiger partial charge < -0.3 is 0 Å². The van der Waals surface area contributed by atoms with E-state index in [1.54, 1.807) is 17.9 Å². The molecule has 110 valence electrons. The summed E-state index contributed by atoms with van der Waals surface area (Å²) in [6.07, 6.45) is 2.16. The van der Waals surface area contributed by atoms with Crippen LogP contribution in [0.3, 0.4) is 0 Å². The smallest absolute Gasteiger partial charge is 0.242 e. The molecule has 0 spiro atoms.